The smallest absolute Gasteiger partial charge is 0.265 e. The van der Waals surface area contributed by atoms with E-state index in [-0.39, 0.29) is 16.1 Å². The molecule has 6 nitrogen and oxygen atoms in total. The van der Waals surface area contributed by atoms with Gasteiger partial charge in [-0.3, -0.25) is 9.82 Å². The second kappa shape index (κ2) is 4.70. The van der Waals surface area contributed by atoms with Gasteiger partial charge >= 0.3 is 0 Å². The van der Waals surface area contributed by atoms with Crippen molar-refractivity contribution in [2.75, 3.05) is 4.72 Å². The van der Waals surface area contributed by atoms with Crippen LogP contribution in [-0.4, -0.2) is 18.6 Å². The first kappa shape index (κ1) is 13.0. The molecule has 1 aromatic carbocycles. The van der Waals surface area contributed by atoms with Gasteiger partial charge in [-0.15, -0.1) is 0 Å². The summed E-state index contributed by atoms with van der Waals surface area (Å²) in [5.74, 6) is -0.612. The maximum absolute atomic E-state index is 13.0. The van der Waals surface area contributed by atoms with E-state index in [0.29, 0.717) is 5.69 Å². The lowest BCUT2D eigenvalue weighted by Gasteiger charge is -2.08. The van der Waals surface area contributed by atoms with Crippen LogP contribution in [0.4, 0.5) is 10.1 Å². The summed E-state index contributed by atoms with van der Waals surface area (Å²) < 4.78 is 39.3. The number of hydrogen-bond acceptors (Lipinski definition) is 4. The van der Waals surface area contributed by atoms with Crippen LogP contribution in [0.3, 0.4) is 0 Å². The molecule has 0 atom stereocenters. The van der Waals surface area contributed by atoms with Crippen molar-refractivity contribution in [3.63, 3.8) is 0 Å². The van der Waals surface area contributed by atoms with Gasteiger partial charge in [0.15, 0.2) is 0 Å². The number of anilines is 1. The molecule has 0 aliphatic carbocycles. The van der Waals surface area contributed by atoms with E-state index in [1.807, 2.05) is 0 Å². The normalized spacial score (nSPS) is 11.0. The van der Waals surface area contributed by atoms with Crippen molar-refractivity contribution >= 4 is 15.7 Å². The van der Waals surface area contributed by atoms with Crippen LogP contribution >= 0.6 is 0 Å². The number of nitriles is 1. The number of H-pyrrole nitrogens is 1. The van der Waals surface area contributed by atoms with Crippen LogP contribution in [0.5, 0.6) is 0 Å². The summed E-state index contributed by atoms with van der Waals surface area (Å²) in [5.41, 5.74) is 0.294. The standard InChI is InChI=1S/C11H9FN4O2S/c1-7-11(6-14-15-7)19(17,18)16-10-3-2-9(12)4-8(10)5-13/h2-4,6,16H,1H3,(H,14,15). The van der Waals surface area contributed by atoms with E-state index in [2.05, 4.69) is 14.9 Å². The molecular weight excluding hydrogens is 271 g/mol. The molecule has 8 heteroatoms. The van der Waals surface area contributed by atoms with E-state index in [1.165, 1.54) is 6.07 Å². The van der Waals surface area contributed by atoms with Crippen LogP contribution in [0.1, 0.15) is 11.3 Å². The minimum absolute atomic E-state index is 0.0181. The molecule has 0 bridgehead atoms. The second-order valence-corrected chi connectivity index (χ2v) is 5.42. The van der Waals surface area contributed by atoms with E-state index in [0.717, 1.165) is 18.3 Å². The predicted molar refractivity (Wildman–Crippen MR) is 65.2 cm³/mol. The molecule has 0 radical (unpaired) electrons. The van der Waals surface area contributed by atoms with E-state index in [4.69, 9.17) is 5.26 Å². The van der Waals surface area contributed by atoms with Gasteiger partial charge in [0.2, 0.25) is 0 Å². The molecule has 0 aliphatic heterocycles. The first-order valence-electron chi connectivity index (χ1n) is 5.16. The quantitative estimate of drug-likeness (QED) is 0.890. The van der Waals surface area contributed by atoms with E-state index in [9.17, 15) is 12.8 Å². The highest BCUT2D eigenvalue weighted by Crippen LogP contribution is 2.21. The molecule has 2 aromatic rings. The summed E-state index contributed by atoms with van der Waals surface area (Å²) in [6.45, 7) is 1.55. The van der Waals surface area contributed by atoms with Crippen LogP contribution in [0.2, 0.25) is 0 Å². The molecule has 0 fully saturated rings. The minimum Gasteiger partial charge on any atom is -0.281 e. The number of hydrogen-bond donors (Lipinski definition) is 2. The van der Waals surface area contributed by atoms with Crippen molar-refractivity contribution in [3.05, 3.63) is 41.5 Å². The Balaban J connectivity index is 2.42. The zero-order valence-electron chi connectivity index (χ0n) is 9.81. The molecule has 1 heterocycles. The topological polar surface area (TPSA) is 98.6 Å². The lowest BCUT2D eigenvalue weighted by molar-refractivity contribution is 0.600. The van der Waals surface area contributed by atoms with Gasteiger partial charge in [0, 0.05) is 0 Å². The molecule has 1 aromatic heterocycles. The van der Waals surface area contributed by atoms with Crippen molar-refractivity contribution in [2.24, 2.45) is 0 Å². The Kier molecular flexibility index (Phi) is 3.23. The third kappa shape index (κ3) is 2.56. The Morgan fingerprint density at radius 1 is 1.47 bits per heavy atom. The monoisotopic (exact) mass is 280 g/mol. The van der Waals surface area contributed by atoms with Gasteiger partial charge in [-0.2, -0.15) is 10.4 Å². The highest BCUT2D eigenvalue weighted by molar-refractivity contribution is 7.92. The third-order valence-electron chi connectivity index (χ3n) is 2.42. The van der Waals surface area contributed by atoms with Crippen molar-refractivity contribution in [2.45, 2.75) is 11.8 Å². The van der Waals surface area contributed by atoms with E-state index >= 15 is 0 Å². The minimum atomic E-state index is -3.86. The Morgan fingerprint density at radius 2 is 2.21 bits per heavy atom. The maximum Gasteiger partial charge on any atom is 0.265 e. The maximum atomic E-state index is 13.0. The first-order valence-corrected chi connectivity index (χ1v) is 6.65. The molecule has 0 amide bonds. The predicted octanol–water partition coefficient (Wildman–Crippen LogP) is 1.53. The fourth-order valence-electron chi connectivity index (χ4n) is 1.51. The summed E-state index contributed by atoms with van der Waals surface area (Å²) in [6, 6.07) is 4.95. The van der Waals surface area contributed by atoms with Gasteiger partial charge in [-0.05, 0) is 25.1 Å². The largest absolute Gasteiger partial charge is 0.281 e. The highest BCUT2D eigenvalue weighted by Gasteiger charge is 2.20. The van der Waals surface area contributed by atoms with Gasteiger partial charge in [0.1, 0.15) is 16.8 Å². The van der Waals surface area contributed by atoms with Gasteiger partial charge in [0.25, 0.3) is 10.0 Å². The number of halogens is 1. The molecule has 0 spiro atoms. The van der Waals surface area contributed by atoms with Gasteiger partial charge in [0.05, 0.1) is 23.1 Å². The molecule has 98 valence electrons. The van der Waals surface area contributed by atoms with Crippen LogP contribution in [0, 0.1) is 24.1 Å². The number of aromatic nitrogens is 2. The van der Waals surface area contributed by atoms with Crippen molar-refractivity contribution in [1.29, 1.82) is 5.26 Å². The average Bonchev–Trinajstić information content (AvgIpc) is 2.78. The number of nitrogens with zero attached hydrogens (tertiary/aromatic N) is 2. The summed E-state index contributed by atoms with van der Waals surface area (Å²) in [6.07, 6.45) is 1.16. The summed E-state index contributed by atoms with van der Waals surface area (Å²) in [4.78, 5) is -0.0271. The molecule has 0 saturated heterocycles. The molecule has 0 unspecified atom stereocenters. The van der Waals surface area contributed by atoms with Crippen LogP contribution in [0.25, 0.3) is 0 Å². The van der Waals surface area contributed by atoms with Gasteiger partial charge in [-0.1, -0.05) is 0 Å². The van der Waals surface area contributed by atoms with Crippen LogP contribution in [-0.2, 0) is 10.0 Å². The number of benzene rings is 1. The number of rotatable bonds is 3. The number of aromatic amines is 1. The molecule has 19 heavy (non-hydrogen) atoms. The second-order valence-electron chi connectivity index (χ2n) is 3.77. The summed E-state index contributed by atoms with van der Waals surface area (Å²) in [7, 11) is -3.86. The number of sulfonamides is 1. The molecular formula is C11H9FN4O2S. The van der Waals surface area contributed by atoms with Crippen LogP contribution < -0.4 is 4.72 Å². The molecule has 0 saturated carbocycles. The Hall–Kier alpha value is -2.40. The fraction of sp³-hybridized carbons (Fsp3) is 0.0909. The molecule has 2 N–H and O–H groups in total. The molecule has 2 rings (SSSR count). The lowest BCUT2D eigenvalue weighted by atomic mass is 10.2. The lowest BCUT2D eigenvalue weighted by Crippen LogP contribution is -2.14. The van der Waals surface area contributed by atoms with Crippen molar-refractivity contribution < 1.29 is 12.8 Å². The van der Waals surface area contributed by atoms with Gasteiger partial charge < -0.3 is 0 Å². The van der Waals surface area contributed by atoms with Gasteiger partial charge in [-0.25, -0.2) is 12.8 Å². The van der Waals surface area contributed by atoms with E-state index in [1.54, 1.807) is 13.0 Å². The average molecular weight is 280 g/mol. The Labute approximate surface area is 108 Å². The highest BCUT2D eigenvalue weighted by atomic mass is 32.2. The van der Waals surface area contributed by atoms with Crippen LogP contribution in [0.15, 0.2) is 29.3 Å². The number of aryl methyl sites for hydroxylation is 1. The molecule has 0 aliphatic rings. The zero-order chi connectivity index (χ0) is 14.0. The SMILES string of the molecule is Cc1[nH]ncc1S(=O)(=O)Nc1ccc(F)cc1C#N. The first-order chi connectivity index (χ1) is 8.94. The third-order valence-corrected chi connectivity index (χ3v) is 3.90. The summed E-state index contributed by atoms with van der Waals surface area (Å²) in [5, 5.41) is 15.0. The fourth-order valence-corrected chi connectivity index (χ4v) is 2.73. The Bertz CT molecular complexity index is 761. The Morgan fingerprint density at radius 3 is 2.79 bits per heavy atom. The zero-order valence-corrected chi connectivity index (χ0v) is 10.6. The number of nitrogens with one attached hydrogen (secondary N) is 2. The summed E-state index contributed by atoms with van der Waals surface area (Å²) >= 11 is 0. The van der Waals surface area contributed by atoms with Crippen molar-refractivity contribution in [3.8, 4) is 6.07 Å². The van der Waals surface area contributed by atoms with Crippen molar-refractivity contribution in [1.82, 2.24) is 10.2 Å². The van der Waals surface area contributed by atoms with E-state index < -0.39 is 15.8 Å².